The van der Waals surface area contributed by atoms with Gasteiger partial charge >= 0.3 is 5.76 Å². The molecule has 6 heteroatoms. The van der Waals surface area contributed by atoms with Crippen LogP contribution in [0.4, 0.5) is 0 Å². The van der Waals surface area contributed by atoms with Gasteiger partial charge in [0.25, 0.3) is 4.80 Å². The van der Waals surface area contributed by atoms with Crippen molar-refractivity contribution in [2.24, 2.45) is 0 Å². The quantitative estimate of drug-likeness (QED) is 0.753. The van der Waals surface area contributed by atoms with Crippen LogP contribution in [0.15, 0.2) is 14.0 Å². The second kappa shape index (κ2) is 3.86. The van der Waals surface area contributed by atoms with E-state index in [9.17, 15) is 4.79 Å². The molecule has 0 amide bonds. The van der Waals surface area contributed by atoms with E-state index in [-0.39, 0.29) is 16.6 Å². The summed E-state index contributed by atoms with van der Waals surface area (Å²) in [6.07, 6.45) is 1.91. The Hall–Kier alpha value is -0.620. The first-order valence-electron chi connectivity index (χ1n) is 4.60. The van der Waals surface area contributed by atoms with Crippen molar-refractivity contribution >= 4 is 15.9 Å². The van der Waals surface area contributed by atoms with E-state index in [4.69, 9.17) is 4.42 Å². The highest BCUT2D eigenvalue weighted by Crippen LogP contribution is 2.19. The lowest BCUT2D eigenvalue weighted by molar-refractivity contribution is 0.206. The molecule has 0 aromatic carbocycles. The third kappa shape index (κ3) is 1.90. The summed E-state index contributed by atoms with van der Waals surface area (Å²) in [6.45, 7) is 2.00. The fourth-order valence-electron chi connectivity index (χ4n) is 1.73. The van der Waals surface area contributed by atoms with E-state index in [0.717, 1.165) is 25.9 Å². The fourth-order valence-corrected chi connectivity index (χ4v) is 2.04. The lowest BCUT2D eigenvalue weighted by Gasteiger charge is -2.27. The van der Waals surface area contributed by atoms with Gasteiger partial charge in [0.15, 0.2) is 0 Å². The Kier molecular flexibility index (Phi) is 2.73. The maximum Gasteiger partial charge on any atom is 0.438 e. The fraction of sp³-hybridized carbons (Fsp3) is 0.750. The minimum atomic E-state index is -0.369. The summed E-state index contributed by atoms with van der Waals surface area (Å²) in [4.78, 5) is 13.8. The summed E-state index contributed by atoms with van der Waals surface area (Å²) in [5, 5.41) is 3.99. The Morgan fingerprint density at radius 1 is 1.50 bits per heavy atom. The maximum absolute atomic E-state index is 11.3. The molecule has 1 aromatic heterocycles. The third-order valence-corrected chi connectivity index (χ3v) is 2.90. The SMILES string of the molecule is CN1CCC(n2nc(Br)oc2=O)CC1. The molecule has 14 heavy (non-hydrogen) atoms. The Labute approximate surface area is 89.8 Å². The molecule has 78 valence electrons. The van der Waals surface area contributed by atoms with Gasteiger partial charge in [0, 0.05) is 15.9 Å². The van der Waals surface area contributed by atoms with Gasteiger partial charge in [-0.2, -0.15) is 4.68 Å². The summed E-state index contributed by atoms with van der Waals surface area (Å²) in [5.74, 6) is -0.369. The van der Waals surface area contributed by atoms with Crippen LogP contribution in [-0.2, 0) is 0 Å². The van der Waals surface area contributed by atoms with Crippen molar-refractivity contribution in [3.8, 4) is 0 Å². The van der Waals surface area contributed by atoms with Crippen LogP contribution < -0.4 is 5.76 Å². The molecule has 1 aliphatic rings. The lowest BCUT2D eigenvalue weighted by atomic mass is 10.1. The minimum absolute atomic E-state index is 0.189. The van der Waals surface area contributed by atoms with E-state index in [0.29, 0.717) is 0 Å². The van der Waals surface area contributed by atoms with Crippen LogP contribution in [0, 0.1) is 0 Å². The van der Waals surface area contributed by atoms with E-state index < -0.39 is 0 Å². The van der Waals surface area contributed by atoms with Gasteiger partial charge in [-0.15, -0.1) is 5.10 Å². The number of likely N-dealkylation sites (tertiary alicyclic amines) is 1. The average Bonchev–Trinajstić information content (AvgIpc) is 2.47. The van der Waals surface area contributed by atoms with Gasteiger partial charge in [0.2, 0.25) is 0 Å². The molecule has 5 nitrogen and oxygen atoms in total. The molecule has 0 saturated carbocycles. The minimum Gasteiger partial charge on any atom is -0.381 e. The van der Waals surface area contributed by atoms with E-state index in [2.05, 4.69) is 33.0 Å². The molecule has 0 aliphatic carbocycles. The van der Waals surface area contributed by atoms with Gasteiger partial charge in [-0.05, 0) is 33.0 Å². The molecule has 2 rings (SSSR count). The molecule has 1 saturated heterocycles. The van der Waals surface area contributed by atoms with E-state index in [1.54, 1.807) is 0 Å². The van der Waals surface area contributed by atoms with Crippen molar-refractivity contribution in [2.75, 3.05) is 20.1 Å². The van der Waals surface area contributed by atoms with Crippen LogP contribution in [0.25, 0.3) is 0 Å². The number of hydrogen-bond acceptors (Lipinski definition) is 4. The Morgan fingerprint density at radius 2 is 2.14 bits per heavy atom. The predicted octanol–water partition coefficient (Wildman–Crippen LogP) is 0.865. The van der Waals surface area contributed by atoms with Crippen LogP contribution in [-0.4, -0.2) is 34.8 Å². The smallest absolute Gasteiger partial charge is 0.381 e. The summed E-state index contributed by atoms with van der Waals surface area (Å²) in [7, 11) is 2.08. The second-order valence-electron chi connectivity index (χ2n) is 3.60. The van der Waals surface area contributed by atoms with Gasteiger partial charge in [-0.3, -0.25) is 0 Å². The topological polar surface area (TPSA) is 51.3 Å². The first kappa shape index (κ1) is 9.92. The number of halogens is 1. The largest absolute Gasteiger partial charge is 0.438 e. The van der Waals surface area contributed by atoms with Crippen LogP contribution in [0.2, 0.25) is 0 Å². The summed E-state index contributed by atoms with van der Waals surface area (Å²) < 4.78 is 6.24. The molecule has 1 aromatic rings. The van der Waals surface area contributed by atoms with Gasteiger partial charge in [0.05, 0.1) is 6.04 Å². The number of aromatic nitrogens is 2. The number of nitrogens with zero attached hydrogens (tertiary/aromatic N) is 3. The van der Waals surface area contributed by atoms with Crippen LogP contribution in [0.3, 0.4) is 0 Å². The van der Waals surface area contributed by atoms with Crippen LogP contribution in [0.5, 0.6) is 0 Å². The van der Waals surface area contributed by atoms with Gasteiger partial charge in [-0.1, -0.05) is 0 Å². The molecular formula is C8H12BrN3O2. The highest BCUT2D eigenvalue weighted by atomic mass is 79.9. The van der Waals surface area contributed by atoms with Crippen molar-refractivity contribution in [2.45, 2.75) is 18.9 Å². The van der Waals surface area contributed by atoms with Gasteiger partial charge < -0.3 is 9.32 Å². The first-order valence-corrected chi connectivity index (χ1v) is 5.40. The van der Waals surface area contributed by atoms with Crippen molar-refractivity contribution in [3.63, 3.8) is 0 Å². The van der Waals surface area contributed by atoms with Gasteiger partial charge in [-0.25, -0.2) is 4.79 Å². The maximum atomic E-state index is 11.3. The Morgan fingerprint density at radius 3 is 2.64 bits per heavy atom. The van der Waals surface area contributed by atoms with Crippen molar-refractivity contribution in [1.82, 2.24) is 14.7 Å². The van der Waals surface area contributed by atoms with E-state index in [1.807, 2.05) is 0 Å². The zero-order chi connectivity index (χ0) is 10.1. The average molecular weight is 262 g/mol. The Balaban J connectivity index is 2.16. The van der Waals surface area contributed by atoms with Gasteiger partial charge in [0.1, 0.15) is 0 Å². The highest BCUT2D eigenvalue weighted by Gasteiger charge is 2.21. The normalized spacial score (nSPS) is 20.1. The molecule has 0 spiro atoms. The number of rotatable bonds is 1. The van der Waals surface area contributed by atoms with Crippen molar-refractivity contribution in [1.29, 1.82) is 0 Å². The molecule has 2 heterocycles. The molecule has 0 bridgehead atoms. The first-order chi connectivity index (χ1) is 6.66. The molecule has 1 aliphatic heterocycles. The summed E-state index contributed by atoms with van der Waals surface area (Å²) in [6, 6.07) is 0.189. The van der Waals surface area contributed by atoms with Crippen LogP contribution in [0.1, 0.15) is 18.9 Å². The summed E-state index contributed by atoms with van der Waals surface area (Å²) >= 11 is 3.05. The van der Waals surface area contributed by atoms with E-state index in [1.165, 1.54) is 4.68 Å². The molecule has 0 radical (unpaired) electrons. The zero-order valence-corrected chi connectivity index (χ0v) is 9.53. The predicted molar refractivity (Wildman–Crippen MR) is 54.2 cm³/mol. The molecule has 0 unspecified atom stereocenters. The zero-order valence-electron chi connectivity index (χ0n) is 7.94. The van der Waals surface area contributed by atoms with Crippen molar-refractivity contribution < 1.29 is 4.42 Å². The molecular weight excluding hydrogens is 250 g/mol. The third-order valence-electron chi connectivity index (χ3n) is 2.58. The summed E-state index contributed by atoms with van der Waals surface area (Å²) in [5.41, 5.74) is 0. The lowest BCUT2D eigenvalue weighted by Crippen LogP contribution is -2.34. The molecule has 0 N–H and O–H groups in total. The number of piperidine rings is 1. The monoisotopic (exact) mass is 261 g/mol. The standard InChI is InChI=1S/C8H12BrN3O2/c1-11-4-2-6(3-5-11)12-8(13)14-7(9)10-12/h6H,2-5H2,1H3. The highest BCUT2D eigenvalue weighted by molar-refractivity contribution is 9.10. The molecule has 1 fully saturated rings. The van der Waals surface area contributed by atoms with Crippen molar-refractivity contribution in [3.05, 3.63) is 15.4 Å². The Bertz CT molecular complexity index is 365. The van der Waals surface area contributed by atoms with Crippen LogP contribution >= 0.6 is 15.9 Å². The molecule has 0 atom stereocenters. The second-order valence-corrected chi connectivity index (χ2v) is 4.28. The number of hydrogen-bond donors (Lipinski definition) is 0. The van der Waals surface area contributed by atoms with E-state index >= 15 is 0 Å².